The largest absolute Gasteiger partial charge is 0.481 e. The number of rotatable bonds is 6. The van der Waals surface area contributed by atoms with Gasteiger partial charge in [-0.1, -0.05) is 19.3 Å². The molecule has 29 heavy (non-hydrogen) atoms. The Labute approximate surface area is 169 Å². The minimum absolute atomic E-state index is 0.127. The normalized spacial score (nSPS) is 29.0. The molecule has 9 nitrogen and oxygen atoms in total. The summed E-state index contributed by atoms with van der Waals surface area (Å²) >= 11 is 0. The van der Waals surface area contributed by atoms with Gasteiger partial charge in [0, 0.05) is 18.8 Å². The third kappa shape index (κ3) is 3.88. The lowest BCUT2D eigenvalue weighted by atomic mass is 9.78. The Kier molecular flexibility index (Phi) is 5.58. The quantitative estimate of drug-likeness (QED) is 0.664. The van der Waals surface area contributed by atoms with Crippen LogP contribution in [0, 0.1) is 11.8 Å². The number of carbonyl (C=O) groups excluding carboxylic acids is 2. The van der Waals surface area contributed by atoms with Crippen molar-refractivity contribution in [1.29, 1.82) is 0 Å². The molecule has 158 valence electrons. The number of hydrogen-bond acceptors (Lipinski definition) is 5. The van der Waals surface area contributed by atoms with Gasteiger partial charge in [-0.25, -0.2) is 0 Å². The van der Waals surface area contributed by atoms with Gasteiger partial charge in [-0.05, 0) is 32.6 Å². The number of anilines is 1. The highest BCUT2D eigenvalue weighted by Crippen LogP contribution is 2.44. The lowest BCUT2D eigenvalue weighted by Gasteiger charge is -2.24. The molecule has 1 aliphatic carbocycles. The molecule has 2 bridgehead atoms. The van der Waals surface area contributed by atoms with Gasteiger partial charge in [0.2, 0.25) is 5.91 Å². The van der Waals surface area contributed by atoms with Gasteiger partial charge in [0.25, 0.3) is 5.91 Å². The maximum Gasteiger partial charge on any atom is 0.310 e. The van der Waals surface area contributed by atoms with Crippen LogP contribution in [-0.2, 0) is 20.9 Å². The molecule has 2 saturated heterocycles. The van der Waals surface area contributed by atoms with Crippen molar-refractivity contribution in [3.8, 4) is 0 Å². The molecule has 1 saturated carbocycles. The third-order valence-electron chi connectivity index (χ3n) is 6.36. The van der Waals surface area contributed by atoms with E-state index in [1.165, 1.54) is 6.42 Å². The molecule has 0 radical (unpaired) electrons. The number of aliphatic carboxylic acids is 1. The summed E-state index contributed by atoms with van der Waals surface area (Å²) < 4.78 is 7.28. The Bertz CT molecular complexity index is 801. The predicted octanol–water partition coefficient (Wildman–Crippen LogP) is 1.78. The Morgan fingerprint density at radius 1 is 1.14 bits per heavy atom. The van der Waals surface area contributed by atoms with E-state index in [1.807, 2.05) is 6.92 Å². The van der Waals surface area contributed by atoms with Crippen LogP contribution in [0.4, 0.5) is 5.69 Å². The standard InChI is InChI=1S/C20H28N4O5/c1-2-24-10-12(17(23-24)19(26)21-11-6-4-3-5-7-11)22-18(25)15-13-8-9-14(29-13)16(15)20(27)28/h10-11,13-16H,2-9H2,1H3,(H,21,26)(H,22,25)(H,27,28). The van der Waals surface area contributed by atoms with Crippen molar-refractivity contribution in [3.63, 3.8) is 0 Å². The fourth-order valence-corrected chi connectivity index (χ4v) is 4.88. The topological polar surface area (TPSA) is 123 Å². The molecule has 3 aliphatic rings. The first-order chi connectivity index (χ1) is 14.0. The molecule has 3 fully saturated rings. The number of carboxylic acids is 1. The van der Waals surface area contributed by atoms with Crippen LogP contribution in [0.5, 0.6) is 0 Å². The molecule has 0 aromatic carbocycles. The molecule has 1 aromatic heterocycles. The summed E-state index contributed by atoms with van der Waals surface area (Å²) in [5.74, 6) is -3.36. The molecular weight excluding hydrogens is 376 g/mol. The summed E-state index contributed by atoms with van der Waals surface area (Å²) in [6.07, 6.45) is 7.44. The van der Waals surface area contributed by atoms with Crippen molar-refractivity contribution >= 4 is 23.5 Å². The second-order valence-corrected chi connectivity index (χ2v) is 8.22. The smallest absolute Gasteiger partial charge is 0.310 e. The van der Waals surface area contributed by atoms with Crippen LogP contribution in [0.1, 0.15) is 62.4 Å². The number of nitrogens with zero attached hydrogens (tertiary/aromatic N) is 2. The number of amides is 2. The van der Waals surface area contributed by atoms with E-state index in [1.54, 1.807) is 10.9 Å². The van der Waals surface area contributed by atoms with E-state index in [4.69, 9.17) is 4.74 Å². The van der Waals surface area contributed by atoms with E-state index in [0.29, 0.717) is 25.1 Å². The van der Waals surface area contributed by atoms with Crippen LogP contribution < -0.4 is 10.6 Å². The van der Waals surface area contributed by atoms with Crippen molar-refractivity contribution in [3.05, 3.63) is 11.9 Å². The molecule has 4 atom stereocenters. The molecule has 2 amide bonds. The summed E-state index contributed by atoms with van der Waals surface area (Å²) in [4.78, 5) is 37.4. The van der Waals surface area contributed by atoms with Gasteiger partial charge >= 0.3 is 5.97 Å². The Morgan fingerprint density at radius 3 is 2.48 bits per heavy atom. The number of carboxylic acid groups (broad SMARTS) is 1. The van der Waals surface area contributed by atoms with Crippen molar-refractivity contribution in [2.24, 2.45) is 11.8 Å². The molecule has 4 unspecified atom stereocenters. The first kappa shape index (κ1) is 19.9. The highest BCUT2D eigenvalue weighted by Gasteiger charge is 2.55. The lowest BCUT2D eigenvalue weighted by Crippen LogP contribution is -2.41. The minimum Gasteiger partial charge on any atom is -0.481 e. The lowest BCUT2D eigenvalue weighted by molar-refractivity contribution is -0.147. The summed E-state index contributed by atoms with van der Waals surface area (Å²) in [6.45, 7) is 2.44. The molecule has 1 aromatic rings. The molecule has 2 aliphatic heterocycles. The zero-order valence-corrected chi connectivity index (χ0v) is 16.6. The van der Waals surface area contributed by atoms with E-state index in [0.717, 1.165) is 25.7 Å². The van der Waals surface area contributed by atoms with Crippen molar-refractivity contribution in [2.75, 3.05) is 5.32 Å². The molecule has 9 heteroatoms. The fraction of sp³-hybridized carbons (Fsp3) is 0.700. The Morgan fingerprint density at radius 2 is 1.83 bits per heavy atom. The Balaban J connectivity index is 1.50. The average molecular weight is 404 g/mol. The fourth-order valence-electron chi connectivity index (χ4n) is 4.88. The summed E-state index contributed by atoms with van der Waals surface area (Å²) in [5, 5.41) is 19.7. The average Bonchev–Trinajstić information content (AvgIpc) is 3.42. The maximum atomic E-state index is 13.0. The van der Waals surface area contributed by atoms with Crippen molar-refractivity contribution in [1.82, 2.24) is 15.1 Å². The van der Waals surface area contributed by atoms with Crippen LogP contribution >= 0.6 is 0 Å². The third-order valence-corrected chi connectivity index (χ3v) is 6.36. The SMILES string of the molecule is CCn1cc(NC(=O)C2C3CCC(O3)C2C(=O)O)c(C(=O)NC2CCCCC2)n1. The Hall–Kier alpha value is -2.42. The van der Waals surface area contributed by atoms with Crippen LogP contribution in [-0.4, -0.2) is 50.9 Å². The van der Waals surface area contributed by atoms with Gasteiger partial charge in [0.1, 0.15) is 0 Å². The number of ether oxygens (including phenoxy) is 1. The molecule has 3 heterocycles. The van der Waals surface area contributed by atoms with E-state index >= 15 is 0 Å². The molecule has 3 N–H and O–H groups in total. The van der Waals surface area contributed by atoms with E-state index in [9.17, 15) is 19.5 Å². The van der Waals surface area contributed by atoms with E-state index < -0.39 is 29.8 Å². The first-order valence-corrected chi connectivity index (χ1v) is 10.6. The monoisotopic (exact) mass is 404 g/mol. The number of carbonyl (C=O) groups is 3. The van der Waals surface area contributed by atoms with Crippen LogP contribution in [0.2, 0.25) is 0 Å². The molecule has 4 rings (SSSR count). The van der Waals surface area contributed by atoms with Gasteiger partial charge in [-0.2, -0.15) is 5.10 Å². The molecule has 0 spiro atoms. The summed E-state index contributed by atoms with van der Waals surface area (Å²) in [5.41, 5.74) is 0.485. The van der Waals surface area contributed by atoms with Crippen LogP contribution in [0.15, 0.2) is 6.20 Å². The summed E-state index contributed by atoms with van der Waals surface area (Å²) in [7, 11) is 0. The number of aromatic nitrogens is 2. The highest BCUT2D eigenvalue weighted by molar-refractivity contribution is 6.03. The number of nitrogens with one attached hydrogen (secondary N) is 2. The van der Waals surface area contributed by atoms with E-state index in [2.05, 4.69) is 15.7 Å². The van der Waals surface area contributed by atoms with Crippen LogP contribution in [0.25, 0.3) is 0 Å². The minimum atomic E-state index is -1.02. The second-order valence-electron chi connectivity index (χ2n) is 8.22. The van der Waals surface area contributed by atoms with Crippen molar-refractivity contribution < 1.29 is 24.2 Å². The summed E-state index contributed by atoms with van der Waals surface area (Å²) in [6, 6.07) is 0.127. The number of aryl methyl sites for hydroxylation is 1. The zero-order chi connectivity index (χ0) is 20.5. The van der Waals surface area contributed by atoms with E-state index in [-0.39, 0.29) is 23.7 Å². The van der Waals surface area contributed by atoms with Gasteiger partial charge in [0.05, 0.1) is 29.7 Å². The molecular formula is C20H28N4O5. The second kappa shape index (κ2) is 8.14. The number of hydrogen-bond donors (Lipinski definition) is 3. The first-order valence-electron chi connectivity index (χ1n) is 10.6. The van der Waals surface area contributed by atoms with Gasteiger partial charge in [0.15, 0.2) is 5.69 Å². The van der Waals surface area contributed by atoms with Gasteiger partial charge in [-0.15, -0.1) is 0 Å². The van der Waals surface area contributed by atoms with Gasteiger partial charge in [-0.3, -0.25) is 19.1 Å². The highest BCUT2D eigenvalue weighted by atomic mass is 16.5. The number of fused-ring (bicyclic) bond motifs is 2. The predicted molar refractivity (Wildman–Crippen MR) is 103 cm³/mol. The van der Waals surface area contributed by atoms with Crippen molar-refractivity contribution in [2.45, 2.75) is 76.7 Å². The van der Waals surface area contributed by atoms with Gasteiger partial charge < -0.3 is 20.5 Å². The maximum absolute atomic E-state index is 13.0. The zero-order valence-electron chi connectivity index (χ0n) is 16.6. The van der Waals surface area contributed by atoms with Crippen LogP contribution in [0.3, 0.4) is 0 Å².